The van der Waals surface area contributed by atoms with E-state index in [1.807, 2.05) is 6.92 Å². The number of carbonyl (C=O) groups excluding carboxylic acids is 2. The Labute approximate surface area is 189 Å². The molecule has 176 valence electrons. The van der Waals surface area contributed by atoms with Gasteiger partial charge in [-0.2, -0.15) is 0 Å². The lowest BCUT2D eigenvalue weighted by Crippen LogP contribution is -2.40. The molecular weight excluding hydrogens is 388 g/mol. The lowest BCUT2D eigenvalue weighted by Gasteiger charge is -2.41. The molecule has 1 aliphatic carbocycles. The first kappa shape index (κ1) is 25.5. The van der Waals surface area contributed by atoms with E-state index in [2.05, 4.69) is 38.0 Å². The van der Waals surface area contributed by atoms with Crippen LogP contribution in [-0.4, -0.2) is 23.0 Å². The van der Waals surface area contributed by atoms with Gasteiger partial charge in [0.25, 0.3) is 0 Å². The van der Waals surface area contributed by atoms with Crippen molar-refractivity contribution in [3.8, 4) is 0 Å². The number of nitrogens with one attached hydrogen (secondary N) is 2. The Morgan fingerprint density at radius 3 is 2.16 bits per heavy atom. The predicted molar refractivity (Wildman–Crippen MR) is 127 cm³/mol. The maximum absolute atomic E-state index is 13.3. The number of aromatic amines is 1. The van der Waals surface area contributed by atoms with Crippen molar-refractivity contribution in [3.63, 3.8) is 0 Å². The average Bonchev–Trinajstić information content (AvgIpc) is 3.10. The summed E-state index contributed by atoms with van der Waals surface area (Å²) in [4.78, 5) is 28.6. The third-order valence-corrected chi connectivity index (χ3v) is 6.74. The second-order valence-electron chi connectivity index (χ2n) is 9.62. The first-order valence-electron chi connectivity index (χ1n) is 12.6. The fourth-order valence-electron chi connectivity index (χ4n) is 5.08. The molecule has 2 N–H and O–H groups in total. The van der Waals surface area contributed by atoms with Gasteiger partial charge < -0.3 is 15.0 Å². The maximum atomic E-state index is 13.3. The van der Waals surface area contributed by atoms with Crippen molar-refractivity contribution in [2.24, 2.45) is 17.8 Å². The summed E-state index contributed by atoms with van der Waals surface area (Å²) < 4.78 is 6.28. The fraction of sp³-hybridized carbons (Fsp3) is 0.769. The topological polar surface area (TPSA) is 71.2 Å². The highest BCUT2D eigenvalue weighted by Gasteiger charge is 2.39. The second-order valence-corrected chi connectivity index (χ2v) is 9.62. The SMILES string of the molecule is CCCCC(=O)Nc1[nH]cc(C)c1C(=O)OC1C(CCCC)CC(C)CC1CCCC. The molecule has 2 unspecified atom stereocenters. The lowest BCUT2D eigenvalue weighted by molar-refractivity contribution is -0.116. The molecule has 0 bridgehead atoms. The Morgan fingerprint density at radius 1 is 1.03 bits per heavy atom. The minimum absolute atomic E-state index is 0.0280. The van der Waals surface area contributed by atoms with Crippen LogP contribution < -0.4 is 5.32 Å². The van der Waals surface area contributed by atoms with Crippen LogP contribution in [0.25, 0.3) is 0 Å². The van der Waals surface area contributed by atoms with Gasteiger partial charge in [0.15, 0.2) is 0 Å². The molecule has 2 atom stereocenters. The number of rotatable bonds is 12. The average molecular weight is 433 g/mol. The Balaban J connectivity index is 2.19. The van der Waals surface area contributed by atoms with Crippen LogP contribution in [0.3, 0.4) is 0 Å². The van der Waals surface area contributed by atoms with E-state index in [4.69, 9.17) is 4.74 Å². The highest BCUT2D eigenvalue weighted by molar-refractivity contribution is 6.01. The molecule has 1 fully saturated rings. The van der Waals surface area contributed by atoms with Gasteiger partial charge >= 0.3 is 5.97 Å². The van der Waals surface area contributed by atoms with E-state index in [-0.39, 0.29) is 18.0 Å². The predicted octanol–water partition coefficient (Wildman–Crippen LogP) is 7.02. The number of anilines is 1. The number of hydrogen-bond donors (Lipinski definition) is 2. The molecule has 5 nitrogen and oxygen atoms in total. The normalized spacial score (nSPS) is 23.5. The van der Waals surface area contributed by atoms with E-state index < -0.39 is 0 Å². The quantitative estimate of drug-likeness (QED) is 0.349. The lowest BCUT2D eigenvalue weighted by atomic mass is 9.70. The molecule has 1 heterocycles. The number of aromatic nitrogens is 1. The van der Waals surface area contributed by atoms with Gasteiger partial charge in [0, 0.05) is 12.6 Å². The van der Waals surface area contributed by atoms with Crippen molar-refractivity contribution in [2.45, 2.75) is 111 Å². The van der Waals surface area contributed by atoms with Gasteiger partial charge in [-0.05, 0) is 62.3 Å². The van der Waals surface area contributed by atoms with Crippen LogP contribution >= 0.6 is 0 Å². The fourth-order valence-corrected chi connectivity index (χ4v) is 5.08. The van der Waals surface area contributed by atoms with Crippen molar-refractivity contribution in [1.29, 1.82) is 0 Å². The summed E-state index contributed by atoms with van der Waals surface area (Å²) in [5.74, 6) is 1.65. The molecular formula is C26H44N2O3. The molecule has 1 amide bonds. The van der Waals surface area contributed by atoms with Crippen LogP contribution in [0.5, 0.6) is 0 Å². The largest absolute Gasteiger partial charge is 0.458 e. The van der Waals surface area contributed by atoms with Gasteiger partial charge in [-0.15, -0.1) is 0 Å². The second kappa shape index (κ2) is 12.9. The van der Waals surface area contributed by atoms with Crippen molar-refractivity contribution < 1.29 is 14.3 Å². The number of unbranched alkanes of at least 4 members (excludes halogenated alkanes) is 3. The van der Waals surface area contributed by atoms with Crippen LogP contribution in [0, 0.1) is 24.7 Å². The summed E-state index contributed by atoms with van der Waals surface area (Å²) in [5, 5.41) is 2.89. The van der Waals surface area contributed by atoms with Gasteiger partial charge in [-0.3, -0.25) is 4.79 Å². The molecule has 0 aromatic carbocycles. The van der Waals surface area contributed by atoms with E-state index in [0.717, 1.165) is 56.9 Å². The van der Waals surface area contributed by atoms with E-state index in [1.165, 1.54) is 12.8 Å². The van der Waals surface area contributed by atoms with Crippen LogP contribution in [0.4, 0.5) is 5.82 Å². The first-order valence-corrected chi connectivity index (χ1v) is 12.6. The van der Waals surface area contributed by atoms with Crippen molar-refractivity contribution in [3.05, 3.63) is 17.3 Å². The zero-order valence-corrected chi connectivity index (χ0v) is 20.4. The first-order chi connectivity index (χ1) is 14.9. The smallest absolute Gasteiger partial charge is 0.342 e. The van der Waals surface area contributed by atoms with Crippen LogP contribution in [0.15, 0.2) is 6.20 Å². The summed E-state index contributed by atoms with van der Waals surface area (Å²) in [6, 6.07) is 0. The van der Waals surface area contributed by atoms with Gasteiger partial charge in [-0.25, -0.2) is 4.79 Å². The molecule has 0 radical (unpaired) electrons. The summed E-state index contributed by atoms with van der Waals surface area (Å²) in [5.41, 5.74) is 1.29. The number of ether oxygens (including phenoxy) is 1. The van der Waals surface area contributed by atoms with Crippen LogP contribution in [-0.2, 0) is 9.53 Å². The summed E-state index contributed by atoms with van der Waals surface area (Å²) in [6.45, 7) is 10.7. The van der Waals surface area contributed by atoms with E-state index in [9.17, 15) is 9.59 Å². The zero-order valence-electron chi connectivity index (χ0n) is 20.4. The van der Waals surface area contributed by atoms with Crippen molar-refractivity contribution >= 4 is 17.7 Å². The summed E-state index contributed by atoms with van der Waals surface area (Å²) in [6.07, 6.45) is 13.2. The van der Waals surface area contributed by atoms with Gasteiger partial charge in [0.05, 0.1) is 0 Å². The minimum Gasteiger partial charge on any atom is -0.458 e. The molecule has 0 spiro atoms. The summed E-state index contributed by atoms with van der Waals surface area (Å²) >= 11 is 0. The molecule has 1 aliphatic rings. The Morgan fingerprint density at radius 2 is 1.61 bits per heavy atom. The van der Waals surface area contributed by atoms with Gasteiger partial charge in [0.2, 0.25) is 5.91 Å². The Hall–Kier alpha value is -1.78. The molecule has 31 heavy (non-hydrogen) atoms. The molecule has 2 rings (SSSR count). The number of esters is 1. The third-order valence-electron chi connectivity index (χ3n) is 6.74. The Kier molecular flexibility index (Phi) is 10.6. The number of carbonyl (C=O) groups is 2. The number of H-pyrrole nitrogens is 1. The maximum Gasteiger partial charge on any atom is 0.342 e. The van der Waals surface area contributed by atoms with E-state index in [1.54, 1.807) is 6.20 Å². The molecule has 0 aliphatic heterocycles. The van der Waals surface area contributed by atoms with Gasteiger partial charge in [-0.1, -0.05) is 59.8 Å². The minimum atomic E-state index is -0.299. The van der Waals surface area contributed by atoms with Crippen molar-refractivity contribution in [1.82, 2.24) is 4.98 Å². The number of aryl methyl sites for hydroxylation is 1. The molecule has 1 aromatic rings. The zero-order chi connectivity index (χ0) is 22.8. The Bertz CT molecular complexity index is 679. The number of hydrogen-bond acceptors (Lipinski definition) is 3. The highest BCUT2D eigenvalue weighted by Crippen LogP contribution is 2.41. The number of amides is 1. The summed E-state index contributed by atoms with van der Waals surface area (Å²) in [7, 11) is 0. The van der Waals surface area contributed by atoms with Crippen molar-refractivity contribution in [2.75, 3.05) is 5.32 Å². The molecule has 0 saturated heterocycles. The highest BCUT2D eigenvalue weighted by atomic mass is 16.5. The molecule has 1 saturated carbocycles. The molecule has 5 heteroatoms. The monoisotopic (exact) mass is 432 g/mol. The van der Waals surface area contributed by atoms with E-state index in [0.29, 0.717) is 35.6 Å². The standard InChI is InChI=1S/C26H44N2O3/c1-6-9-12-20-15-18(4)16-21(13-10-7-2)24(20)31-26(30)23-19(5)17-27-25(23)28-22(29)14-11-8-3/h17-18,20-21,24,27H,6-16H2,1-5H3,(H,28,29). The van der Waals surface area contributed by atoms with E-state index >= 15 is 0 Å². The van der Waals surface area contributed by atoms with Crippen LogP contribution in [0.2, 0.25) is 0 Å². The van der Waals surface area contributed by atoms with Crippen LogP contribution in [0.1, 0.15) is 114 Å². The molecule has 1 aromatic heterocycles. The van der Waals surface area contributed by atoms with Gasteiger partial charge in [0.1, 0.15) is 17.5 Å². The third kappa shape index (κ3) is 7.40.